The summed E-state index contributed by atoms with van der Waals surface area (Å²) in [7, 11) is -3.42. The fourth-order valence-electron chi connectivity index (χ4n) is 5.00. The number of aryl methyl sites for hydroxylation is 1. The zero-order valence-electron chi connectivity index (χ0n) is 17.0. The Morgan fingerprint density at radius 1 is 1.13 bits per heavy atom. The van der Waals surface area contributed by atoms with E-state index in [1.165, 1.54) is 12.1 Å². The number of nitrogens with one attached hydrogen (secondary N) is 1. The number of hydrogen-bond acceptors (Lipinski definition) is 4. The van der Waals surface area contributed by atoms with Gasteiger partial charge in [-0.1, -0.05) is 23.7 Å². The van der Waals surface area contributed by atoms with Crippen molar-refractivity contribution in [1.82, 2.24) is 10.2 Å². The zero-order valence-corrected chi connectivity index (χ0v) is 18.6. The van der Waals surface area contributed by atoms with Gasteiger partial charge in [-0.2, -0.15) is 0 Å². The second-order valence-electron chi connectivity index (χ2n) is 8.77. The van der Waals surface area contributed by atoms with Gasteiger partial charge in [0, 0.05) is 22.9 Å². The molecule has 5 rings (SSSR count). The predicted molar refractivity (Wildman–Crippen MR) is 117 cm³/mol. The van der Waals surface area contributed by atoms with E-state index in [1.807, 2.05) is 18.2 Å². The van der Waals surface area contributed by atoms with Crippen LogP contribution in [0.1, 0.15) is 46.8 Å². The van der Waals surface area contributed by atoms with E-state index in [9.17, 15) is 18.0 Å². The number of sulfone groups is 1. The van der Waals surface area contributed by atoms with E-state index < -0.39 is 15.9 Å². The van der Waals surface area contributed by atoms with Gasteiger partial charge in [0.2, 0.25) is 5.91 Å². The van der Waals surface area contributed by atoms with Crippen LogP contribution in [-0.2, 0) is 21.1 Å². The summed E-state index contributed by atoms with van der Waals surface area (Å²) < 4.78 is 23.8. The van der Waals surface area contributed by atoms with Crippen LogP contribution in [-0.4, -0.2) is 43.5 Å². The maximum atomic E-state index is 13.3. The summed E-state index contributed by atoms with van der Waals surface area (Å²) >= 11 is 6.08. The van der Waals surface area contributed by atoms with Gasteiger partial charge in [0.25, 0.3) is 5.91 Å². The topological polar surface area (TPSA) is 83.6 Å². The normalized spacial score (nSPS) is 26.3. The highest BCUT2D eigenvalue weighted by molar-refractivity contribution is 7.90. The molecule has 1 saturated carbocycles. The molecule has 8 heteroatoms. The van der Waals surface area contributed by atoms with E-state index in [0.717, 1.165) is 36.6 Å². The smallest absolute Gasteiger partial charge is 0.254 e. The van der Waals surface area contributed by atoms with E-state index in [2.05, 4.69) is 5.32 Å². The van der Waals surface area contributed by atoms with Gasteiger partial charge < -0.3 is 10.2 Å². The van der Waals surface area contributed by atoms with E-state index in [-0.39, 0.29) is 28.8 Å². The summed E-state index contributed by atoms with van der Waals surface area (Å²) in [6, 6.07) is 11.2. The van der Waals surface area contributed by atoms with Gasteiger partial charge >= 0.3 is 0 Å². The molecule has 31 heavy (non-hydrogen) atoms. The number of nitrogens with zero attached hydrogens (tertiary/aromatic N) is 1. The number of rotatable bonds is 4. The van der Waals surface area contributed by atoms with Gasteiger partial charge in [0.05, 0.1) is 10.9 Å². The molecule has 162 valence electrons. The van der Waals surface area contributed by atoms with Crippen LogP contribution in [0.2, 0.25) is 5.02 Å². The van der Waals surface area contributed by atoms with Crippen LogP contribution < -0.4 is 5.32 Å². The highest BCUT2D eigenvalue weighted by Gasteiger charge is 2.56. The third-order valence-electron chi connectivity index (χ3n) is 6.65. The van der Waals surface area contributed by atoms with Crippen LogP contribution in [0.15, 0.2) is 47.4 Å². The quantitative estimate of drug-likeness (QED) is 0.762. The van der Waals surface area contributed by atoms with Gasteiger partial charge in [-0.25, -0.2) is 8.42 Å². The van der Waals surface area contributed by atoms with Crippen molar-refractivity contribution in [3.8, 4) is 0 Å². The molecule has 0 spiro atoms. The molecule has 3 aliphatic rings. The lowest BCUT2D eigenvalue weighted by Gasteiger charge is -2.28. The second kappa shape index (κ2) is 7.35. The molecule has 1 saturated heterocycles. The Balaban J connectivity index is 1.36. The minimum absolute atomic E-state index is 0.0554. The van der Waals surface area contributed by atoms with Crippen LogP contribution in [0.4, 0.5) is 0 Å². The Hall–Kier alpha value is -2.38. The summed E-state index contributed by atoms with van der Waals surface area (Å²) in [5.41, 5.74) is 2.53. The maximum Gasteiger partial charge on any atom is 0.254 e. The molecule has 4 atom stereocenters. The molecule has 2 aromatic rings. The number of fused-ring (bicyclic) bond motifs is 2. The van der Waals surface area contributed by atoms with Gasteiger partial charge in [0.1, 0.15) is 6.04 Å². The average molecular weight is 459 g/mol. The van der Waals surface area contributed by atoms with Crippen LogP contribution >= 0.6 is 11.6 Å². The fourth-order valence-corrected chi connectivity index (χ4v) is 5.86. The van der Waals surface area contributed by atoms with Crippen molar-refractivity contribution in [3.63, 3.8) is 0 Å². The van der Waals surface area contributed by atoms with Crippen molar-refractivity contribution in [3.05, 3.63) is 64.2 Å². The van der Waals surface area contributed by atoms with Crippen LogP contribution in [0, 0.1) is 5.92 Å². The van der Waals surface area contributed by atoms with E-state index in [0.29, 0.717) is 22.9 Å². The molecular weight excluding hydrogens is 436 g/mol. The molecule has 0 aromatic heterocycles. The SMILES string of the molecule is CS(=O)(=O)c1cccc(C(=O)N2[C@@H](C(=O)N[C@@H]3CCc4cc(Cl)ccc43)CC3C[C@H]32)c1. The number of benzene rings is 2. The van der Waals surface area contributed by atoms with Gasteiger partial charge in [-0.15, -0.1) is 0 Å². The lowest BCUT2D eigenvalue weighted by Crippen LogP contribution is -2.48. The van der Waals surface area contributed by atoms with Crippen molar-refractivity contribution in [2.45, 2.75) is 48.7 Å². The lowest BCUT2D eigenvalue weighted by atomic mass is 10.1. The standard InChI is InChI=1S/C23H23ClN2O4S/c1-31(29,30)17-4-2-3-14(10-17)23(28)26-20-11-15(20)12-21(26)22(27)25-19-8-5-13-9-16(24)6-7-18(13)19/h2-4,6-7,9-10,15,19-21H,5,8,11-12H2,1H3,(H,25,27)/t15?,19-,20-,21-/m1/s1. The third-order valence-corrected chi connectivity index (χ3v) is 8.00. The first kappa shape index (κ1) is 20.5. The molecule has 2 aromatic carbocycles. The summed E-state index contributed by atoms with van der Waals surface area (Å²) in [5, 5.41) is 3.83. The average Bonchev–Trinajstić information content (AvgIpc) is 3.22. The fraction of sp³-hybridized carbons (Fsp3) is 0.391. The van der Waals surface area contributed by atoms with Crippen LogP contribution in [0.5, 0.6) is 0 Å². The van der Waals surface area contributed by atoms with Crippen molar-refractivity contribution >= 4 is 33.3 Å². The van der Waals surface area contributed by atoms with Crippen molar-refractivity contribution in [2.75, 3.05) is 6.26 Å². The van der Waals surface area contributed by atoms with E-state index in [4.69, 9.17) is 11.6 Å². The number of halogens is 1. The van der Waals surface area contributed by atoms with Crippen LogP contribution in [0.3, 0.4) is 0 Å². The summed E-state index contributed by atoms with van der Waals surface area (Å²) in [4.78, 5) is 28.2. The first-order chi connectivity index (χ1) is 14.7. The number of amides is 2. The molecule has 0 radical (unpaired) electrons. The number of hydrogen-bond donors (Lipinski definition) is 1. The third kappa shape index (κ3) is 3.74. The molecule has 2 fully saturated rings. The number of piperidine rings is 1. The summed E-state index contributed by atoms with van der Waals surface area (Å²) in [6.45, 7) is 0. The van der Waals surface area contributed by atoms with E-state index >= 15 is 0 Å². The minimum atomic E-state index is -3.42. The molecule has 1 aliphatic heterocycles. The van der Waals surface area contributed by atoms with Gasteiger partial charge in [0.15, 0.2) is 9.84 Å². The summed E-state index contributed by atoms with van der Waals surface area (Å²) in [5.74, 6) is -0.0886. The Kier molecular flexibility index (Phi) is 4.86. The molecule has 2 aliphatic carbocycles. The molecular formula is C23H23ClN2O4S. The van der Waals surface area contributed by atoms with Gasteiger partial charge in [-0.3, -0.25) is 9.59 Å². The highest BCUT2D eigenvalue weighted by Crippen LogP contribution is 2.48. The molecule has 1 N–H and O–H groups in total. The lowest BCUT2D eigenvalue weighted by molar-refractivity contribution is -0.126. The van der Waals surface area contributed by atoms with E-state index in [1.54, 1.807) is 17.0 Å². The largest absolute Gasteiger partial charge is 0.347 e. The molecule has 0 bridgehead atoms. The predicted octanol–water partition coefficient (Wildman–Crippen LogP) is 3.15. The molecule has 1 unspecified atom stereocenters. The van der Waals surface area contributed by atoms with Gasteiger partial charge in [-0.05, 0) is 73.1 Å². The zero-order chi connectivity index (χ0) is 21.9. The monoisotopic (exact) mass is 458 g/mol. The first-order valence-electron chi connectivity index (χ1n) is 10.4. The molecule has 2 amide bonds. The number of carbonyl (C=O) groups excluding carboxylic acids is 2. The minimum Gasteiger partial charge on any atom is -0.347 e. The second-order valence-corrected chi connectivity index (χ2v) is 11.2. The van der Waals surface area contributed by atoms with Crippen molar-refractivity contribution in [2.24, 2.45) is 5.92 Å². The van der Waals surface area contributed by atoms with Crippen LogP contribution in [0.25, 0.3) is 0 Å². The number of likely N-dealkylation sites (tertiary alicyclic amines) is 1. The maximum absolute atomic E-state index is 13.3. The highest BCUT2D eigenvalue weighted by atomic mass is 35.5. The first-order valence-corrected chi connectivity index (χ1v) is 12.7. The van der Waals surface area contributed by atoms with Crippen molar-refractivity contribution < 1.29 is 18.0 Å². The Morgan fingerprint density at radius 2 is 1.94 bits per heavy atom. The Labute approximate surface area is 186 Å². The van der Waals surface area contributed by atoms with Crippen molar-refractivity contribution in [1.29, 1.82) is 0 Å². The molecule has 1 heterocycles. The molecule has 6 nitrogen and oxygen atoms in total. The Bertz CT molecular complexity index is 1200. The Morgan fingerprint density at radius 3 is 2.71 bits per heavy atom. The number of carbonyl (C=O) groups is 2. The summed E-state index contributed by atoms with van der Waals surface area (Å²) in [6.07, 6.45) is 4.33.